The number of thiol groups is 1. The third-order valence-corrected chi connectivity index (χ3v) is 6.30. The first-order valence-electron chi connectivity index (χ1n) is 9.76. The van der Waals surface area contributed by atoms with E-state index in [4.69, 9.17) is 4.74 Å². The Kier molecular flexibility index (Phi) is 5.98. The van der Waals surface area contributed by atoms with Crippen LogP contribution in [0, 0.1) is 12.3 Å². The van der Waals surface area contributed by atoms with Crippen LogP contribution in [0.5, 0.6) is 0 Å². The molecule has 156 valence electrons. The van der Waals surface area contributed by atoms with Crippen molar-refractivity contribution >= 4 is 22.5 Å². The number of hydrogen-bond acceptors (Lipinski definition) is 5. The molecule has 0 saturated carbocycles. The van der Waals surface area contributed by atoms with Gasteiger partial charge in [0.2, 0.25) is 0 Å². The average molecular weight is 418 g/mol. The molecule has 7 heteroatoms. The van der Waals surface area contributed by atoms with Crippen molar-refractivity contribution in [1.29, 1.82) is 0 Å². The molecule has 0 spiro atoms. The highest BCUT2D eigenvalue weighted by atomic mass is 32.2. The van der Waals surface area contributed by atoms with Crippen molar-refractivity contribution in [2.24, 2.45) is 5.41 Å². The zero-order chi connectivity index (χ0) is 21.3. The molecule has 2 aromatic rings. The van der Waals surface area contributed by atoms with Crippen LogP contribution in [-0.2, 0) is 39.6 Å². The maximum atomic E-state index is 13.1. The highest BCUT2D eigenvalue weighted by Gasteiger charge is 2.37. The fraction of sp³-hybridized carbons (Fsp3) is 0.455. The van der Waals surface area contributed by atoms with E-state index in [0.29, 0.717) is 37.0 Å². The number of rotatable bonds is 6. The lowest BCUT2D eigenvalue weighted by molar-refractivity contribution is -0.143. The zero-order valence-corrected chi connectivity index (χ0v) is 18.2. The second-order valence-corrected chi connectivity index (χ2v) is 9.28. The van der Waals surface area contributed by atoms with Crippen molar-refractivity contribution in [2.45, 2.75) is 58.4 Å². The number of aromatic nitrogens is 1. The first kappa shape index (κ1) is 21.3. The summed E-state index contributed by atoms with van der Waals surface area (Å²) in [5, 5.41) is 0. The number of carbonyl (C=O) groups is 2. The number of nitrogens with zero attached hydrogens (tertiary/aromatic N) is 1. The van der Waals surface area contributed by atoms with Crippen LogP contribution in [0.15, 0.2) is 29.2 Å². The quantitative estimate of drug-likeness (QED) is 0.577. The normalized spacial score (nSPS) is 15.4. The van der Waals surface area contributed by atoms with Gasteiger partial charge in [0.15, 0.2) is 16.5 Å². The van der Waals surface area contributed by atoms with Gasteiger partial charge < -0.3 is 9.30 Å². The van der Waals surface area contributed by atoms with Gasteiger partial charge in [-0.2, -0.15) is 0 Å². The third kappa shape index (κ3) is 4.29. The summed E-state index contributed by atoms with van der Waals surface area (Å²) in [5.74, 6) is -0.306. The fourth-order valence-corrected chi connectivity index (χ4v) is 4.80. The molecule has 6 nitrogen and oxygen atoms in total. The Bertz CT molecular complexity index is 1040. The van der Waals surface area contributed by atoms with E-state index in [1.165, 1.54) is 0 Å². The van der Waals surface area contributed by atoms with E-state index in [0.717, 1.165) is 17.0 Å². The molecule has 0 radical (unpaired) electrons. The number of carbonyl (C=O) groups excluding carboxylic acids is 2. The summed E-state index contributed by atoms with van der Waals surface area (Å²) >= 11 is 0. The molecule has 0 N–H and O–H groups in total. The molecule has 1 aromatic carbocycles. The summed E-state index contributed by atoms with van der Waals surface area (Å²) in [7, 11) is -2.74. The Morgan fingerprint density at radius 3 is 2.55 bits per heavy atom. The number of Topliss-reactive ketones (excluding diaryl/α,β-unsaturated/α-hetero) is 1. The molecule has 1 aliphatic carbocycles. The van der Waals surface area contributed by atoms with E-state index < -0.39 is 10.7 Å². The van der Waals surface area contributed by atoms with Gasteiger partial charge in [-0.15, -0.1) is 0 Å². The number of benzene rings is 1. The summed E-state index contributed by atoms with van der Waals surface area (Å²) in [5.41, 5.74) is 3.55. The van der Waals surface area contributed by atoms with Crippen molar-refractivity contribution in [1.82, 2.24) is 4.57 Å². The van der Waals surface area contributed by atoms with Gasteiger partial charge in [-0.05, 0) is 42.9 Å². The van der Waals surface area contributed by atoms with Gasteiger partial charge in [-0.1, -0.05) is 32.0 Å². The molecule has 29 heavy (non-hydrogen) atoms. The minimum atomic E-state index is -2.74. The number of ketones is 1. The Morgan fingerprint density at radius 2 is 1.90 bits per heavy atom. The summed E-state index contributed by atoms with van der Waals surface area (Å²) in [6.45, 7) is 8.07. The van der Waals surface area contributed by atoms with E-state index in [2.05, 4.69) is 0 Å². The lowest BCUT2D eigenvalue weighted by Gasteiger charge is -2.30. The topological polar surface area (TPSA) is 82.4 Å². The molecule has 1 aromatic heterocycles. The summed E-state index contributed by atoms with van der Waals surface area (Å²) in [6, 6.07) is 6.82. The molecule has 1 aliphatic rings. The maximum Gasteiger partial charge on any atom is 0.325 e. The van der Waals surface area contributed by atoms with E-state index in [1.54, 1.807) is 31.2 Å². The lowest BCUT2D eigenvalue weighted by Crippen LogP contribution is -2.29. The van der Waals surface area contributed by atoms with Gasteiger partial charge in [0.1, 0.15) is 6.54 Å². The van der Waals surface area contributed by atoms with E-state index in [9.17, 15) is 18.0 Å². The Hall–Kier alpha value is -2.41. The van der Waals surface area contributed by atoms with Gasteiger partial charge in [-0.25, -0.2) is 8.42 Å². The molecular weight excluding hydrogens is 390 g/mol. The SMILES string of the molecule is CCOC(=O)Cn1c(C)c(Cc2ccccc2[SH](=O)=O)c2c1CC(C)(C)CC2=O. The first-order chi connectivity index (χ1) is 13.6. The van der Waals surface area contributed by atoms with Crippen LogP contribution in [0.4, 0.5) is 0 Å². The van der Waals surface area contributed by atoms with Crippen molar-refractivity contribution < 1.29 is 22.7 Å². The standard InChI is InChI=1S/C22H27NO5S/c1-5-28-20(25)13-23-14(2)16(10-15-8-6-7-9-19(15)29(26)27)21-17(23)11-22(3,4)12-18(21)24/h6-9,29H,5,10-13H2,1-4H3. The van der Waals surface area contributed by atoms with Crippen LogP contribution in [0.3, 0.4) is 0 Å². The van der Waals surface area contributed by atoms with Crippen LogP contribution in [0.1, 0.15) is 60.1 Å². The molecule has 0 atom stereocenters. The van der Waals surface area contributed by atoms with Crippen LogP contribution in [0.2, 0.25) is 0 Å². The van der Waals surface area contributed by atoms with Crippen LogP contribution >= 0.6 is 0 Å². The monoisotopic (exact) mass is 417 g/mol. The second kappa shape index (κ2) is 8.14. The number of fused-ring (bicyclic) bond motifs is 1. The minimum Gasteiger partial charge on any atom is -0.465 e. The van der Waals surface area contributed by atoms with E-state index >= 15 is 0 Å². The smallest absolute Gasteiger partial charge is 0.325 e. The molecule has 1 heterocycles. The maximum absolute atomic E-state index is 13.1. The summed E-state index contributed by atoms with van der Waals surface area (Å²) < 4.78 is 30.3. The third-order valence-electron chi connectivity index (χ3n) is 5.47. The zero-order valence-electron chi connectivity index (χ0n) is 17.3. The number of hydrogen-bond donors (Lipinski definition) is 1. The Morgan fingerprint density at radius 1 is 1.21 bits per heavy atom. The minimum absolute atomic E-state index is 0.0425. The van der Waals surface area contributed by atoms with Crippen molar-refractivity contribution in [3.05, 3.63) is 52.3 Å². The molecular formula is C22H27NO5S. The number of ether oxygens (including phenoxy) is 1. The van der Waals surface area contributed by atoms with Crippen LogP contribution in [0.25, 0.3) is 0 Å². The van der Waals surface area contributed by atoms with Crippen LogP contribution in [-0.4, -0.2) is 31.3 Å². The molecule has 0 saturated heterocycles. The Labute approximate surface area is 172 Å². The molecule has 0 bridgehead atoms. The van der Waals surface area contributed by atoms with Gasteiger partial charge in [0.25, 0.3) is 0 Å². The highest BCUT2D eigenvalue weighted by Crippen LogP contribution is 2.39. The van der Waals surface area contributed by atoms with E-state index in [1.807, 2.05) is 25.3 Å². The van der Waals surface area contributed by atoms with Crippen molar-refractivity contribution in [3.8, 4) is 0 Å². The summed E-state index contributed by atoms with van der Waals surface area (Å²) in [4.78, 5) is 25.5. The van der Waals surface area contributed by atoms with Gasteiger partial charge in [-0.3, -0.25) is 9.59 Å². The molecule has 3 rings (SSSR count). The van der Waals surface area contributed by atoms with Crippen LogP contribution < -0.4 is 0 Å². The molecule has 0 aliphatic heterocycles. The average Bonchev–Trinajstić information content (AvgIpc) is 2.87. The highest BCUT2D eigenvalue weighted by molar-refractivity contribution is 7.72. The summed E-state index contributed by atoms with van der Waals surface area (Å²) in [6.07, 6.45) is 1.43. The van der Waals surface area contributed by atoms with Crippen molar-refractivity contribution in [3.63, 3.8) is 0 Å². The molecule has 0 fully saturated rings. The van der Waals surface area contributed by atoms with Gasteiger partial charge >= 0.3 is 5.97 Å². The number of esters is 1. The van der Waals surface area contributed by atoms with Gasteiger partial charge in [0.05, 0.1) is 11.5 Å². The molecule has 0 amide bonds. The largest absolute Gasteiger partial charge is 0.465 e. The van der Waals surface area contributed by atoms with Gasteiger partial charge in [0, 0.05) is 29.8 Å². The van der Waals surface area contributed by atoms with Crippen molar-refractivity contribution in [2.75, 3.05) is 6.61 Å². The predicted octanol–water partition coefficient (Wildman–Crippen LogP) is 3.08. The van der Waals surface area contributed by atoms with E-state index in [-0.39, 0.29) is 28.6 Å². The first-order valence-corrected chi connectivity index (χ1v) is 10.9. The second-order valence-electron chi connectivity index (χ2n) is 8.28. The predicted molar refractivity (Wildman–Crippen MR) is 110 cm³/mol. The lowest BCUT2D eigenvalue weighted by atomic mass is 9.75. The Balaban J connectivity index is 2.14. The molecule has 0 unspecified atom stereocenters. The fourth-order valence-electron chi connectivity index (χ4n) is 4.20.